The van der Waals surface area contributed by atoms with Gasteiger partial charge in [-0.05, 0) is 17.4 Å². The highest BCUT2D eigenvalue weighted by atomic mass is 32.2. The lowest BCUT2D eigenvalue weighted by Crippen LogP contribution is -2.42. The molecule has 3 nitrogen and oxygen atoms in total. The Morgan fingerprint density at radius 2 is 2.35 bits per heavy atom. The molecule has 1 amide bonds. The van der Waals surface area contributed by atoms with Gasteiger partial charge in [0.15, 0.2) is 0 Å². The van der Waals surface area contributed by atoms with Crippen molar-refractivity contribution in [1.82, 2.24) is 5.32 Å². The number of aliphatic hydroxyl groups is 1. The molecule has 0 spiro atoms. The minimum Gasteiger partial charge on any atom is -0.394 e. The van der Waals surface area contributed by atoms with Crippen molar-refractivity contribution in [2.75, 3.05) is 12.4 Å². The highest BCUT2D eigenvalue weighted by Crippen LogP contribution is 2.16. The van der Waals surface area contributed by atoms with Crippen LogP contribution in [-0.2, 0) is 10.5 Å². The van der Waals surface area contributed by atoms with Crippen LogP contribution in [0.25, 0.3) is 0 Å². The molecule has 1 heterocycles. The summed E-state index contributed by atoms with van der Waals surface area (Å²) in [4.78, 5) is 12.9. The molecule has 5 heteroatoms. The third-order valence-electron chi connectivity index (χ3n) is 2.41. The van der Waals surface area contributed by atoms with Crippen LogP contribution < -0.4 is 5.32 Å². The average Bonchev–Trinajstić information content (AvgIpc) is 2.78. The molecule has 0 aliphatic heterocycles. The van der Waals surface area contributed by atoms with E-state index in [0.29, 0.717) is 5.75 Å². The predicted octanol–water partition coefficient (Wildman–Crippen LogP) is 2.11. The van der Waals surface area contributed by atoms with Crippen LogP contribution in [0.1, 0.15) is 18.7 Å². The van der Waals surface area contributed by atoms with Gasteiger partial charge < -0.3 is 10.4 Å². The number of hydrogen-bond acceptors (Lipinski definition) is 4. The van der Waals surface area contributed by atoms with Gasteiger partial charge in [-0.2, -0.15) is 0 Å². The zero-order valence-electron chi connectivity index (χ0n) is 10.2. The van der Waals surface area contributed by atoms with Gasteiger partial charge in [0.05, 0.1) is 18.4 Å². The summed E-state index contributed by atoms with van der Waals surface area (Å²) in [5, 5.41) is 14.0. The van der Waals surface area contributed by atoms with Crippen LogP contribution in [0.4, 0.5) is 0 Å². The SMILES string of the molecule is CC(C)[C@@H](CO)NC(=O)CSCc1cccs1. The molecule has 0 fully saturated rings. The monoisotopic (exact) mass is 273 g/mol. The maximum absolute atomic E-state index is 11.6. The van der Waals surface area contributed by atoms with Gasteiger partial charge in [-0.3, -0.25) is 4.79 Å². The summed E-state index contributed by atoms with van der Waals surface area (Å²) in [5.74, 6) is 1.57. The van der Waals surface area contributed by atoms with Gasteiger partial charge in [-0.15, -0.1) is 23.1 Å². The number of hydrogen-bond donors (Lipinski definition) is 2. The largest absolute Gasteiger partial charge is 0.394 e. The van der Waals surface area contributed by atoms with Crippen molar-refractivity contribution in [3.05, 3.63) is 22.4 Å². The van der Waals surface area contributed by atoms with E-state index in [0.717, 1.165) is 5.75 Å². The van der Waals surface area contributed by atoms with Crippen LogP contribution in [-0.4, -0.2) is 29.4 Å². The van der Waals surface area contributed by atoms with E-state index in [1.54, 1.807) is 23.1 Å². The fourth-order valence-corrected chi connectivity index (χ4v) is 2.99. The number of carbonyl (C=O) groups excluding carboxylic acids is 1. The Hall–Kier alpha value is -0.520. The van der Waals surface area contributed by atoms with E-state index in [9.17, 15) is 4.79 Å². The summed E-state index contributed by atoms with van der Waals surface area (Å²) in [6.45, 7) is 3.97. The van der Waals surface area contributed by atoms with Crippen molar-refractivity contribution in [3.63, 3.8) is 0 Å². The molecular formula is C12H19NO2S2. The van der Waals surface area contributed by atoms with Crippen molar-refractivity contribution in [1.29, 1.82) is 0 Å². The molecular weight excluding hydrogens is 254 g/mol. The zero-order valence-corrected chi connectivity index (χ0v) is 11.8. The van der Waals surface area contributed by atoms with Crippen molar-refractivity contribution in [2.24, 2.45) is 5.92 Å². The molecule has 0 radical (unpaired) electrons. The number of carbonyl (C=O) groups is 1. The molecule has 0 aliphatic carbocycles. The minimum absolute atomic E-state index is 0.000642. The predicted molar refractivity (Wildman–Crippen MR) is 74.3 cm³/mol. The topological polar surface area (TPSA) is 49.3 Å². The third kappa shape index (κ3) is 5.57. The van der Waals surface area contributed by atoms with Gasteiger partial charge in [-0.1, -0.05) is 19.9 Å². The normalized spacial score (nSPS) is 12.7. The fraction of sp³-hybridized carbons (Fsp3) is 0.583. The van der Waals surface area contributed by atoms with Crippen molar-refractivity contribution in [3.8, 4) is 0 Å². The van der Waals surface area contributed by atoms with Gasteiger partial charge in [0.2, 0.25) is 5.91 Å². The van der Waals surface area contributed by atoms with Crippen LogP contribution in [0.15, 0.2) is 17.5 Å². The summed E-state index contributed by atoms with van der Waals surface area (Å²) in [7, 11) is 0. The molecule has 0 saturated carbocycles. The molecule has 1 atom stereocenters. The lowest BCUT2D eigenvalue weighted by Gasteiger charge is -2.19. The van der Waals surface area contributed by atoms with Crippen molar-refractivity contribution in [2.45, 2.75) is 25.6 Å². The summed E-state index contributed by atoms with van der Waals surface area (Å²) >= 11 is 3.31. The second-order valence-corrected chi connectivity index (χ2v) is 6.19. The van der Waals surface area contributed by atoms with E-state index in [-0.39, 0.29) is 24.5 Å². The Balaban J connectivity index is 2.20. The van der Waals surface area contributed by atoms with Gasteiger partial charge in [0.1, 0.15) is 0 Å². The maximum atomic E-state index is 11.6. The van der Waals surface area contributed by atoms with Crippen molar-refractivity contribution >= 4 is 29.0 Å². The minimum atomic E-state index is -0.134. The maximum Gasteiger partial charge on any atom is 0.230 e. The molecule has 0 aliphatic rings. The van der Waals surface area contributed by atoms with Crippen LogP contribution in [0.3, 0.4) is 0 Å². The number of amides is 1. The summed E-state index contributed by atoms with van der Waals surface area (Å²) in [6.07, 6.45) is 0. The number of thiophene rings is 1. The first-order valence-electron chi connectivity index (χ1n) is 5.63. The molecule has 96 valence electrons. The van der Waals surface area contributed by atoms with E-state index >= 15 is 0 Å². The second kappa shape index (κ2) is 7.74. The highest BCUT2D eigenvalue weighted by molar-refractivity contribution is 7.99. The van der Waals surface area contributed by atoms with Crippen molar-refractivity contribution < 1.29 is 9.90 Å². The van der Waals surface area contributed by atoms with Crippen LogP contribution >= 0.6 is 23.1 Å². The van der Waals surface area contributed by atoms with Gasteiger partial charge >= 0.3 is 0 Å². The molecule has 0 saturated heterocycles. The van der Waals surface area contributed by atoms with E-state index < -0.39 is 0 Å². The standard InChI is InChI=1S/C12H19NO2S2/c1-9(2)11(6-14)13-12(15)8-16-7-10-4-3-5-17-10/h3-5,9,11,14H,6-8H2,1-2H3,(H,13,15)/t11-/m1/s1. The van der Waals surface area contributed by atoms with E-state index in [2.05, 4.69) is 11.4 Å². The summed E-state index contributed by atoms with van der Waals surface area (Å²) < 4.78 is 0. The number of rotatable bonds is 7. The fourth-order valence-electron chi connectivity index (χ4n) is 1.31. The molecule has 1 aromatic rings. The van der Waals surface area contributed by atoms with E-state index in [1.165, 1.54) is 4.88 Å². The first-order chi connectivity index (χ1) is 8.13. The second-order valence-electron chi connectivity index (χ2n) is 4.17. The third-order valence-corrected chi connectivity index (χ3v) is 4.45. The lowest BCUT2D eigenvalue weighted by molar-refractivity contribution is -0.119. The Bertz CT molecular complexity index is 325. The Labute approximate surface area is 111 Å². The number of aliphatic hydroxyl groups excluding tert-OH is 1. The Morgan fingerprint density at radius 1 is 1.59 bits per heavy atom. The van der Waals surface area contributed by atoms with Gasteiger partial charge in [-0.25, -0.2) is 0 Å². The first-order valence-corrected chi connectivity index (χ1v) is 7.67. The molecule has 0 aromatic carbocycles. The smallest absolute Gasteiger partial charge is 0.230 e. The molecule has 17 heavy (non-hydrogen) atoms. The average molecular weight is 273 g/mol. The van der Waals surface area contributed by atoms with E-state index in [1.807, 2.05) is 25.3 Å². The Morgan fingerprint density at radius 3 is 2.88 bits per heavy atom. The number of nitrogens with one attached hydrogen (secondary N) is 1. The number of thioether (sulfide) groups is 1. The molecule has 0 bridgehead atoms. The van der Waals surface area contributed by atoms with Gasteiger partial charge in [0.25, 0.3) is 0 Å². The molecule has 2 N–H and O–H groups in total. The summed E-state index contributed by atoms with van der Waals surface area (Å²) in [5.41, 5.74) is 0. The quantitative estimate of drug-likeness (QED) is 0.800. The highest BCUT2D eigenvalue weighted by Gasteiger charge is 2.14. The Kier molecular flexibility index (Phi) is 6.62. The first kappa shape index (κ1) is 14.5. The zero-order chi connectivity index (χ0) is 12.7. The lowest BCUT2D eigenvalue weighted by atomic mass is 10.1. The van der Waals surface area contributed by atoms with Crippen LogP contribution in [0.5, 0.6) is 0 Å². The molecule has 1 aromatic heterocycles. The molecule has 1 rings (SSSR count). The van der Waals surface area contributed by atoms with Gasteiger partial charge in [0, 0.05) is 10.6 Å². The van der Waals surface area contributed by atoms with Crippen LogP contribution in [0, 0.1) is 5.92 Å². The summed E-state index contributed by atoms with van der Waals surface area (Å²) in [6, 6.07) is 3.95. The van der Waals surface area contributed by atoms with E-state index in [4.69, 9.17) is 5.11 Å². The van der Waals surface area contributed by atoms with Crippen LogP contribution in [0.2, 0.25) is 0 Å². The molecule has 0 unspecified atom stereocenters.